The summed E-state index contributed by atoms with van der Waals surface area (Å²) in [5.74, 6) is 0. The average Bonchev–Trinajstić information content (AvgIpc) is 3.75. The number of furan rings is 1. The molecule has 3 heterocycles. The first-order valence-corrected chi connectivity index (χ1v) is 15.4. The van der Waals surface area contributed by atoms with Gasteiger partial charge in [0.05, 0.1) is 22.1 Å². The molecule has 0 saturated heterocycles. The van der Waals surface area contributed by atoms with E-state index in [9.17, 15) is 0 Å². The van der Waals surface area contributed by atoms with Gasteiger partial charge in [-0.2, -0.15) is 0 Å². The van der Waals surface area contributed by atoms with E-state index < -0.39 is 0 Å². The van der Waals surface area contributed by atoms with Crippen LogP contribution in [0.4, 0.5) is 0 Å². The molecule has 7 aromatic carbocycles. The summed E-state index contributed by atoms with van der Waals surface area (Å²) in [6, 6.07) is 56.5. The standard InChI is InChI=1S/C42H26N2O.V/c1-2-10-27(11-3-1)28-18-21-40-34(24-28)33-14-6-9-17-39(33)44(40)30-20-23-42-36(26-30)35-25-29(19-22-41(35)45-42)43-37-15-7-4-12-31(37)32-13-5-8-16-38(32)43;/h1-26H;. The minimum absolute atomic E-state index is 0. The van der Waals surface area contributed by atoms with E-state index in [1.54, 1.807) is 0 Å². The van der Waals surface area contributed by atoms with Crippen molar-refractivity contribution in [3.8, 4) is 22.5 Å². The first kappa shape index (κ1) is 26.9. The van der Waals surface area contributed by atoms with E-state index in [4.69, 9.17) is 4.42 Å². The summed E-state index contributed by atoms with van der Waals surface area (Å²) in [7, 11) is 0. The van der Waals surface area contributed by atoms with E-state index in [1.807, 2.05) is 0 Å². The Morgan fingerprint density at radius 2 is 0.783 bits per heavy atom. The molecule has 0 bridgehead atoms. The molecule has 10 aromatic rings. The summed E-state index contributed by atoms with van der Waals surface area (Å²) in [6.45, 7) is 0. The first-order chi connectivity index (χ1) is 22.3. The van der Waals surface area contributed by atoms with Crippen molar-refractivity contribution >= 4 is 65.6 Å². The number of aromatic nitrogens is 2. The summed E-state index contributed by atoms with van der Waals surface area (Å²) >= 11 is 0. The summed E-state index contributed by atoms with van der Waals surface area (Å²) < 4.78 is 11.1. The molecule has 0 atom stereocenters. The van der Waals surface area contributed by atoms with Crippen LogP contribution in [0.15, 0.2) is 162 Å². The topological polar surface area (TPSA) is 23.0 Å². The Hall–Kier alpha value is -5.48. The fourth-order valence-corrected chi connectivity index (χ4v) is 7.29. The summed E-state index contributed by atoms with van der Waals surface area (Å²) in [4.78, 5) is 0. The van der Waals surface area contributed by atoms with Crippen LogP contribution < -0.4 is 0 Å². The zero-order valence-corrected chi connectivity index (χ0v) is 26.2. The van der Waals surface area contributed by atoms with Crippen molar-refractivity contribution in [1.29, 1.82) is 0 Å². The molecular weight excluding hydrogens is 599 g/mol. The molecule has 3 nitrogen and oxygen atoms in total. The molecule has 4 heteroatoms. The van der Waals surface area contributed by atoms with Gasteiger partial charge in [-0.05, 0) is 77.9 Å². The monoisotopic (exact) mass is 625 g/mol. The second-order valence-corrected chi connectivity index (χ2v) is 11.8. The Bertz CT molecular complexity index is 2710. The van der Waals surface area contributed by atoms with Crippen molar-refractivity contribution in [3.05, 3.63) is 158 Å². The van der Waals surface area contributed by atoms with Gasteiger partial charge >= 0.3 is 0 Å². The van der Waals surface area contributed by atoms with E-state index in [1.165, 1.54) is 54.7 Å². The molecule has 0 spiro atoms. The van der Waals surface area contributed by atoms with E-state index in [0.717, 1.165) is 33.3 Å². The van der Waals surface area contributed by atoms with Crippen molar-refractivity contribution in [3.63, 3.8) is 0 Å². The SMILES string of the molecule is [V].c1ccc(-c2ccc3c(c2)c2ccccc2n3-c2ccc3oc4ccc(-n5c6ccccc6c6ccccc65)cc4c3c2)cc1. The average molecular weight is 626 g/mol. The molecule has 10 rings (SSSR count). The Morgan fingerprint density at radius 3 is 1.33 bits per heavy atom. The second kappa shape index (κ2) is 10.3. The van der Waals surface area contributed by atoms with Crippen molar-refractivity contribution in [2.24, 2.45) is 0 Å². The zero-order valence-electron chi connectivity index (χ0n) is 24.8. The van der Waals surface area contributed by atoms with Crippen molar-refractivity contribution in [1.82, 2.24) is 9.13 Å². The minimum atomic E-state index is 0. The van der Waals surface area contributed by atoms with Gasteiger partial charge in [0, 0.05) is 62.2 Å². The van der Waals surface area contributed by atoms with Crippen LogP contribution in [0.5, 0.6) is 0 Å². The van der Waals surface area contributed by atoms with Crippen molar-refractivity contribution in [2.75, 3.05) is 0 Å². The van der Waals surface area contributed by atoms with Crippen LogP contribution >= 0.6 is 0 Å². The van der Waals surface area contributed by atoms with Gasteiger partial charge in [-0.15, -0.1) is 0 Å². The maximum atomic E-state index is 6.39. The number of hydrogen-bond donors (Lipinski definition) is 0. The van der Waals surface area contributed by atoms with Gasteiger partial charge < -0.3 is 13.6 Å². The second-order valence-electron chi connectivity index (χ2n) is 11.8. The van der Waals surface area contributed by atoms with Gasteiger partial charge in [0.2, 0.25) is 0 Å². The smallest absolute Gasteiger partial charge is 0.135 e. The van der Waals surface area contributed by atoms with Crippen molar-refractivity contribution < 1.29 is 23.0 Å². The Balaban J connectivity index is 0.00000292. The maximum Gasteiger partial charge on any atom is 0.135 e. The maximum absolute atomic E-state index is 6.39. The van der Waals surface area contributed by atoms with Crippen LogP contribution in [0.3, 0.4) is 0 Å². The van der Waals surface area contributed by atoms with Crippen LogP contribution in [0.1, 0.15) is 0 Å². The molecule has 0 saturated carbocycles. The van der Waals surface area contributed by atoms with E-state index in [0.29, 0.717) is 0 Å². The minimum Gasteiger partial charge on any atom is -0.456 e. The van der Waals surface area contributed by atoms with Gasteiger partial charge in [0.25, 0.3) is 0 Å². The third kappa shape index (κ3) is 3.86. The summed E-state index contributed by atoms with van der Waals surface area (Å²) in [6.07, 6.45) is 0. The Morgan fingerprint density at radius 1 is 0.326 bits per heavy atom. The molecule has 46 heavy (non-hydrogen) atoms. The molecular formula is C42H26N2OV. The van der Waals surface area contributed by atoms with Crippen LogP contribution in [0.2, 0.25) is 0 Å². The van der Waals surface area contributed by atoms with Gasteiger partial charge in [0.15, 0.2) is 0 Å². The van der Waals surface area contributed by atoms with E-state index in [2.05, 4.69) is 167 Å². The molecule has 215 valence electrons. The third-order valence-electron chi connectivity index (χ3n) is 9.31. The molecule has 1 radical (unpaired) electrons. The number of fused-ring (bicyclic) bond motifs is 9. The molecule has 0 fully saturated rings. The molecule has 0 aliphatic carbocycles. The van der Waals surface area contributed by atoms with E-state index in [-0.39, 0.29) is 18.6 Å². The number of para-hydroxylation sites is 3. The predicted octanol–water partition coefficient (Wildman–Crippen LogP) is 11.4. The number of hydrogen-bond acceptors (Lipinski definition) is 1. The molecule has 0 aliphatic rings. The molecule has 0 amide bonds. The number of nitrogens with zero attached hydrogens (tertiary/aromatic N) is 2. The first-order valence-electron chi connectivity index (χ1n) is 15.4. The normalized spacial score (nSPS) is 11.7. The molecule has 0 unspecified atom stereocenters. The van der Waals surface area contributed by atoms with Gasteiger partial charge in [-0.25, -0.2) is 0 Å². The summed E-state index contributed by atoms with van der Waals surface area (Å²) in [5.41, 5.74) is 11.2. The van der Waals surface area contributed by atoms with Gasteiger partial charge in [-0.1, -0.05) is 91.0 Å². The molecule has 0 aliphatic heterocycles. The zero-order chi connectivity index (χ0) is 29.5. The largest absolute Gasteiger partial charge is 0.456 e. The van der Waals surface area contributed by atoms with Crippen LogP contribution in [-0.4, -0.2) is 9.13 Å². The molecule has 3 aromatic heterocycles. The van der Waals surface area contributed by atoms with Crippen LogP contribution in [0, 0.1) is 0 Å². The van der Waals surface area contributed by atoms with Crippen LogP contribution in [-0.2, 0) is 18.6 Å². The van der Waals surface area contributed by atoms with Crippen molar-refractivity contribution in [2.45, 2.75) is 0 Å². The Labute approximate surface area is 276 Å². The fraction of sp³-hybridized carbons (Fsp3) is 0. The number of rotatable bonds is 3. The Kier molecular flexibility index (Phi) is 6.01. The van der Waals surface area contributed by atoms with Crippen LogP contribution in [0.25, 0.3) is 88.1 Å². The van der Waals surface area contributed by atoms with E-state index >= 15 is 0 Å². The van der Waals surface area contributed by atoms with Gasteiger partial charge in [-0.3, -0.25) is 0 Å². The third-order valence-corrected chi connectivity index (χ3v) is 9.31. The fourth-order valence-electron chi connectivity index (χ4n) is 7.29. The quantitative estimate of drug-likeness (QED) is 0.192. The summed E-state index contributed by atoms with van der Waals surface area (Å²) in [5, 5.41) is 7.23. The van der Waals surface area contributed by atoms with Gasteiger partial charge in [0.1, 0.15) is 11.2 Å². The number of benzene rings is 7. The molecule has 0 N–H and O–H groups in total. The predicted molar refractivity (Wildman–Crippen MR) is 188 cm³/mol.